The number of piperidine rings is 1. The first-order chi connectivity index (χ1) is 20.6. The van der Waals surface area contributed by atoms with Crippen molar-refractivity contribution in [3.8, 4) is 17.4 Å². The fourth-order valence-corrected chi connectivity index (χ4v) is 5.60. The minimum Gasteiger partial charge on any atom is -0.495 e. The first-order valence-corrected chi connectivity index (χ1v) is 14.7. The number of nitrogens with one attached hydrogen (secondary N) is 2. The number of likely N-dealkylation sites (tertiary alicyclic amines) is 1. The Balaban J connectivity index is 1.35. The van der Waals surface area contributed by atoms with E-state index in [0.717, 1.165) is 37.1 Å². The van der Waals surface area contributed by atoms with Crippen LogP contribution in [0.3, 0.4) is 0 Å². The van der Waals surface area contributed by atoms with Gasteiger partial charge in [0.2, 0.25) is 11.8 Å². The summed E-state index contributed by atoms with van der Waals surface area (Å²) in [7, 11) is 3.21. The fraction of sp³-hybridized carbons (Fsp3) is 0.438. The Hall–Kier alpha value is -4.25. The van der Waals surface area contributed by atoms with E-state index >= 15 is 4.39 Å². The smallest absolute Gasteiger partial charge is 0.258 e. The van der Waals surface area contributed by atoms with Crippen molar-refractivity contribution < 1.29 is 23.5 Å². The second-order valence-corrected chi connectivity index (χ2v) is 11.3. The summed E-state index contributed by atoms with van der Waals surface area (Å²) >= 11 is 0. The van der Waals surface area contributed by atoms with Gasteiger partial charge >= 0.3 is 0 Å². The number of benzene rings is 2. The predicted octanol–water partition coefficient (Wildman–Crippen LogP) is 5.47. The van der Waals surface area contributed by atoms with E-state index in [1.807, 2.05) is 26.0 Å². The molecule has 0 bridgehead atoms. The van der Waals surface area contributed by atoms with Gasteiger partial charge in [-0.05, 0) is 57.7 Å². The molecule has 3 heterocycles. The van der Waals surface area contributed by atoms with Crippen LogP contribution in [0.4, 0.5) is 16.0 Å². The molecule has 1 aromatic heterocycles. The molecule has 0 saturated carbocycles. The van der Waals surface area contributed by atoms with Crippen molar-refractivity contribution in [1.82, 2.24) is 25.1 Å². The molecule has 1 atom stereocenters. The minimum atomic E-state index is -0.696. The molecule has 2 aromatic carbocycles. The van der Waals surface area contributed by atoms with E-state index in [0.29, 0.717) is 23.8 Å². The van der Waals surface area contributed by atoms with Gasteiger partial charge in [-0.15, -0.1) is 0 Å². The van der Waals surface area contributed by atoms with E-state index in [9.17, 15) is 9.59 Å². The van der Waals surface area contributed by atoms with E-state index in [1.165, 1.54) is 19.2 Å². The molecule has 10 nitrogen and oxygen atoms in total. The van der Waals surface area contributed by atoms with Crippen molar-refractivity contribution >= 4 is 23.5 Å². The third-order valence-corrected chi connectivity index (χ3v) is 8.41. The molecule has 0 radical (unpaired) electrons. The van der Waals surface area contributed by atoms with Crippen LogP contribution in [0.15, 0.2) is 36.5 Å². The van der Waals surface area contributed by atoms with Crippen LogP contribution in [0.1, 0.15) is 78.4 Å². The zero-order valence-corrected chi connectivity index (χ0v) is 25.5. The maximum absolute atomic E-state index is 15.3. The van der Waals surface area contributed by atoms with Crippen LogP contribution >= 0.6 is 0 Å². The van der Waals surface area contributed by atoms with Gasteiger partial charge < -0.3 is 29.9 Å². The molecule has 3 aromatic rings. The number of ether oxygens (including phenoxy) is 2. The van der Waals surface area contributed by atoms with E-state index in [-0.39, 0.29) is 46.8 Å². The summed E-state index contributed by atoms with van der Waals surface area (Å²) in [6, 6.07) is 8.47. The highest BCUT2D eigenvalue weighted by Crippen LogP contribution is 2.39. The lowest BCUT2D eigenvalue weighted by Gasteiger charge is -2.34. The highest BCUT2D eigenvalue weighted by molar-refractivity contribution is 6.01. The quantitative estimate of drug-likeness (QED) is 0.338. The summed E-state index contributed by atoms with van der Waals surface area (Å²) in [4.78, 5) is 38.9. The maximum atomic E-state index is 15.3. The first-order valence-electron chi connectivity index (χ1n) is 14.7. The van der Waals surface area contributed by atoms with Crippen LogP contribution in [0, 0.1) is 5.82 Å². The summed E-state index contributed by atoms with van der Waals surface area (Å²) in [5.74, 6) is -0.199. The van der Waals surface area contributed by atoms with E-state index in [2.05, 4.69) is 39.3 Å². The SMILES string of the molecule is CCc1cnc(Nc2cc(F)c(C(=O)NC3CCN(C(C)C)CC3)cc2OC)nc1Oc1cccc2c1C(=O)N(C)[C@H]2C. The van der Waals surface area contributed by atoms with Gasteiger partial charge in [0.15, 0.2) is 0 Å². The van der Waals surface area contributed by atoms with Crippen LogP contribution in [-0.4, -0.2) is 70.9 Å². The summed E-state index contributed by atoms with van der Waals surface area (Å²) in [6.07, 6.45) is 3.84. The number of methoxy groups -OCH3 is 1. The van der Waals surface area contributed by atoms with E-state index in [4.69, 9.17) is 9.47 Å². The number of aryl methyl sites for hydroxylation is 1. The number of anilines is 2. The Bertz CT molecular complexity index is 1520. The molecule has 0 aliphatic carbocycles. The monoisotopic (exact) mass is 590 g/mol. The largest absolute Gasteiger partial charge is 0.495 e. The number of nitrogens with zero attached hydrogens (tertiary/aromatic N) is 4. The van der Waals surface area contributed by atoms with Gasteiger partial charge in [0.05, 0.1) is 30.0 Å². The summed E-state index contributed by atoms with van der Waals surface area (Å²) in [5.41, 5.74) is 2.29. The summed E-state index contributed by atoms with van der Waals surface area (Å²) in [5, 5.41) is 5.98. The van der Waals surface area contributed by atoms with Crippen molar-refractivity contribution in [2.24, 2.45) is 0 Å². The van der Waals surface area contributed by atoms with E-state index in [1.54, 1.807) is 24.2 Å². The lowest BCUT2D eigenvalue weighted by atomic mass is 10.0. The molecule has 0 unspecified atom stereocenters. The van der Waals surface area contributed by atoms with Crippen molar-refractivity contribution in [3.63, 3.8) is 0 Å². The number of carbonyl (C=O) groups is 2. The molecule has 1 saturated heterocycles. The Morgan fingerprint density at radius 2 is 1.93 bits per heavy atom. The van der Waals surface area contributed by atoms with Crippen LogP contribution in [0.2, 0.25) is 0 Å². The maximum Gasteiger partial charge on any atom is 0.258 e. The molecule has 43 heavy (non-hydrogen) atoms. The topological polar surface area (TPSA) is 109 Å². The van der Waals surface area contributed by atoms with E-state index < -0.39 is 11.7 Å². The number of amides is 2. The zero-order valence-electron chi connectivity index (χ0n) is 25.5. The molecular weight excluding hydrogens is 551 g/mol. The highest BCUT2D eigenvalue weighted by atomic mass is 19.1. The number of hydrogen-bond donors (Lipinski definition) is 2. The lowest BCUT2D eigenvalue weighted by Crippen LogP contribution is -2.46. The average molecular weight is 591 g/mol. The molecule has 228 valence electrons. The second-order valence-electron chi connectivity index (χ2n) is 11.3. The van der Waals surface area contributed by atoms with Crippen LogP contribution in [0.5, 0.6) is 17.4 Å². The Morgan fingerprint density at radius 3 is 2.60 bits per heavy atom. The standard InChI is InChI=1S/C32H39FN6O4/c1-7-20-17-34-32(37-30(20)43-26-10-8-9-22-19(4)38(5)31(41)28(22)26)36-25-16-24(33)23(15-27(25)42-6)29(40)35-21-11-13-39(14-12-21)18(2)3/h8-10,15-19,21H,7,11-14H2,1-6H3,(H,35,40)(H,34,36,37)/t19-/m0/s1. The van der Waals surface area contributed by atoms with Crippen molar-refractivity contribution in [2.75, 3.05) is 32.6 Å². The van der Waals surface area contributed by atoms with Crippen molar-refractivity contribution in [2.45, 2.75) is 65.1 Å². The number of fused-ring (bicyclic) bond motifs is 1. The average Bonchev–Trinajstić information content (AvgIpc) is 3.22. The Labute approximate surface area is 251 Å². The normalized spacial score (nSPS) is 17.3. The molecule has 2 amide bonds. The number of rotatable bonds is 9. The van der Waals surface area contributed by atoms with Crippen LogP contribution in [0.25, 0.3) is 0 Å². The first kappa shape index (κ1) is 30.2. The fourth-order valence-electron chi connectivity index (χ4n) is 5.60. The molecule has 1 fully saturated rings. The molecule has 2 N–H and O–H groups in total. The van der Waals surface area contributed by atoms with Gasteiger partial charge in [-0.2, -0.15) is 4.98 Å². The third kappa shape index (κ3) is 6.13. The molecular formula is C32H39FN6O4. The second kappa shape index (κ2) is 12.5. The number of hydrogen-bond acceptors (Lipinski definition) is 8. The van der Waals surface area contributed by atoms with Gasteiger partial charge in [-0.3, -0.25) is 9.59 Å². The van der Waals surface area contributed by atoms with Crippen LogP contribution < -0.4 is 20.1 Å². The molecule has 5 rings (SSSR count). The highest BCUT2D eigenvalue weighted by Gasteiger charge is 2.34. The van der Waals surface area contributed by atoms with Crippen molar-refractivity contribution in [1.29, 1.82) is 0 Å². The summed E-state index contributed by atoms with van der Waals surface area (Å²) < 4.78 is 27.0. The van der Waals surface area contributed by atoms with Crippen molar-refractivity contribution in [3.05, 3.63) is 64.6 Å². The number of carbonyl (C=O) groups excluding carboxylic acids is 2. The number of halogens is 1. The van der Waals surface area contributed by atoms with Gasteiger partial charge in [0, 0.05) is 50.0 Å². The third-order valence-electron chi connectivity index (χ3n) is 8.41. The van der Waals surface area contributed by atoms with Gasteiger partial charge in [0.25, 0.3) is 11.8 Å². The molecule has 11 heteroatoms. The Kier molecular flexibility index (Phi) is 8.82. The zero-order chi connectivity index (χ0) is 30.8. The van der Waals surface area contributed by atoms with Gasteiger partial charge in [-0.25, -0.2) is 9.37 Å². The summed E-state index contributed by atoms with van der Waals surface area (Å²) in [6.45, 7) is 10.0. The minimum absolute atomic E-state index is 0.0145. The van der Waals surface area contributed by atoms with Gasteiger partial charge in [0.1, 0.15) is 17.3 Å². The number of aromatic nitrogens is 2. The molecule has 2 aliphatic rings. The molecule has 2 aliphatic heterocycles. The predicted molar refractivity (Wildman–Crippen MR) is 162 cm³/mol. The lowest BCUT2D eigenvalue weighted by molar-refractivity contribution is 0.0781. The Morgan fingerprint density at radius 1 is 1.19 bits per heavy atom. The van der Waals surface area contributed by atoms with Gasteiger partial charge in [-0.1, -0.05) is 19.1 Å². The molecule has 0 spiro atoms. The van der Waals surface area contributed by atoms with Crippen LogP contribution in [-0.2, 0) is 6.42 Å².